The van der Waals surface area contributed by atoms with Gasteiger partial charge in [-0.1, -0.05) is 6.92 Å². The maximum Gasteiger partial charge on any atom is 0.123 e. The first kappa shape index (κ1) is 20.4. The second-order valence-electron chi connectivity index (χ2n) is 7.76. The largest absolute Gasteiger partial charge is 0.496 e. The van der Waals surface area contributed by atoms with Gasteiger partial charge in [-0.2, -0.15) is 10.4 Å². The van der Waals surface area contributed by atoms with Gasteiger partial charge in [0.2, 0.25) is 0 Å². The molecular formula is C22H31N5O. The quantitative estimate of drug-likeness (QED) is 0.737. The van der Waals surface area contributed by atoms with Crippen molar-refractivity contribution in [3.05, 3.63) is 47.3 Å². The van der Waals surface area contributed by atoms with Crippen molar-refractivity contribution in [2.75, 3.05) is 33.8 Å². The zero-order valence-electron chi connectivity index (χ0n) is 17.4. The van der Waals surface area contributed by atoms with E-state index in [0.29, 0.717) is 17.5 Å². The highest BCUT2D eigenvalue weighted by Gasteiger charge is 2.33. The van der Waals surface area contributed by atoms with Crippen molar-refractivity contribution in [3.63, 3.8) is 0 Å². The Balaban J connectivity index is 1.76. The number of piperidine rings is 1. The lowest BCUT2D eigenvalue weighted by Crippen LogP contribution is -2.42. The van der Waals surface area contributed by atoms with Gasteiger partial charge in [-0.25, -0.2) is 0 Å². The standard InChI is InChI=1S/C22H31N5O/c1-5-27-10-6-7-18(22(27)20-13-24-26(3)16-20)14-25(2)15-19-11-17(12-23)8-9-21(19)28-4/h8-9,11,13,16,18,22H,5-7,10,14-15H2,1-4H3/t18-,22+/m0/s1. The molecule has 0 N–H and O–H groups in total. The summed E-state index contributed by atoms with van der Waals surface area (Å²) in [4.78, 5) is 4.93. The number of hydrogen-bond donors (Lipinski definition) is 0. The number of aromatic nitrogens is 2. The first-order valence-corrected chi connectivity index (χ1v) is 10.0. The fourth-order valence-electron chi connectivity index (χ4n) is 4.50. The Morgan fingerprint density at radius 3 is 2.86 bits per heavy atom. The summed E-state index contributed by atoms with van der Waals surface area (Å²) in [5.41, 5.74) is 3.05. The molecule has 1 aliphatic heterocycles. The molecule has 0 unspecified atom stereocenters. The van der Waals surface area contributed by atoms with Crippen LogP contribution in [0.15, 0.2) is 30.6 Å². The molecule has 0 radical (unpaired) electrons. The molecule has 0 aliphatic carbocycles. The van der Waals surface area contributed by atoms with E-state index in [2.05, 4.69) is 41.1 Å². The molecule has 1 fully saturated rings. The third-order valence-electron chi connectivity index (χ3n) is 5.73. The second-order valence-corrected chi connectivity index (χ2v) is 7.76. The molecule has 3 rings (SSSR count). The smallest absolute Gasteiger partial charge is 0.123 e. The van der Waals surface area contributed by atoms with Crippen LogP contribution in [0.25, 0.3) is 0 Å². The zero-order chi connectivity index (χ0) is 20.1. The van der Waals surface area contributed by atoms with E-state index in [0.717, 1.165) is 37.5 Å². The zero-order valence-corrected chi connectivity index (χ0v) is 17.4. The van der Waals surface area contributed by atoms with Crippen LogP contribution in [0.5, 0.6) is 5.75 Å². The summed E-state index contributed by atoms with van der Waals surface area (Å²) in [5.74, 6) is 1.39. The van der Waals surface area contributed by atoms with Gasteiger partial charge in [0.25, 0.3) is 0 Å². The molecule has 1 aromatic carbocycles. The van der Waals surface area contributed by atoms with Crippen molar-refractivity contribution in [2.24, 2.45) is 13.0 Å². The highest BCUT2D eigenvalue weighted by atomic mass is 16.5. The minimum absolute atomic E-state index is 0.405. The number of nitrogens with zero attached hydrogens (tertiary/aromatic N) is 5. The predicted octanol–water partition coefficient (Wildman–Crippen LogP) is 3.21. The number of aryl methyl sites for hydroxylation is 1. The normalized spacial score (nSPS) is 20.3. The van der Waals surface area contributed by atoms with Gasteiger partial charge in [0.1, 0.15) is 5.75 Å². The van der Waals surface area contributed by atoms with Crippen LogP contribution in [0.2, 0.25) is 0 Å². The van der Waals surface area contributed by atoms with Gasteiger partial charge in [0.05, 0.1) is 24.9 Å². The van der Waals surface area contributed by atoms with E-state index in [4.69, 9.17) is 4.74 Å². The van der Waals surface area contributed by atoms with Crippen LogP contribution in [-0.2, 0) is 13.6 Å². The van der Waals surface area contributed by atoms with E-state index >= 15 is 0 Å². The van der Waals surface area contributed by atoms with E-state index < -0.39 is 0 Å². The van der Waals surface area contributed by atoms with E-state index in [1.807, 2.05) is 30.1 Å². The number of rotatable bonds is 7. The monoisotopic (exact) mass is 381 g/mol. The third-order valence-corrected chi connectivity index (χ3v) is 5.73. The Labute approximate surface area is 168 Å². The summed E-state index contributed by atoms with van der Waals surface area (Å²) in [6.07, 6.45) is 6.63. The molecule has 28 heavy (non-hydrogen) atoms. The van der Waals surface area contributed by atoms with Gasteiger partial charge >= 0.3 is 0 Å². The van der Waals surface area contributed by atoms with Crippen LogP contribution in [0.3, 0.4) is 0 Å². The van der Waals surface area contributed by atoms with Crippen molar-refractivity contribution in [1.82, 2.24) is 19.6 Å². The van der Waals surface area contributed by atoms with Crippen molar-refractivity contribution in [2.45, 2.75) is 32.4 Å². The van der Waals surface area contributed by atoms with E-state index in [1.54, 1.807) is 13.2 Å². The van der Waals surface area contributed by atoms with Gasteiger partial charge < -0.3 is 9.64 Å². The first-order chi connectivity index (χ1) is 13.5. The predicted molar refractivity (Wildman–Crippen MR) is 110 cm³/mol. The minimum Gasteiger partial charge on any atom is -0.496 e. The number of ether oxygens (including phenoxy) is 1. The molecule has 2 heterocycles. The highest BCUT2D eigenvalue weighted by Crippen LogP contribution is 2.36. The van der Waals surface area contributed by atoms with Gasteiger partial charge in [-0.05, 0) is 57.1 Å². The number of methoxy groups -OCH3 is 1. The summed E-state index contributed by atoms with van der Waals surface area (Å²) in [5, 5.41) is 13.6. The molecule has 2 aromatic rings. The van der Waals surface area contributed by atoms with Gasteiger partial charge in [-0.15, -0.1) is 0 Å². The molecule has 0 spiro atoms. The Hall–Kier alpha value is -2.36. The number of likely N-dealkylation sites (tertiary alicyclic amines) is 1. The summed E-state index contributed by atoms with van der Waals surface area (Å²) in [7, 11) is 5.82. The highest BCUT2D eigenvalue weighted by molar-refractivity contribution is 5.42. The third kappa shape index (κ3) is 4.54. The molecule has 0 bridgehead atoms. The van der Waals surface area contributed by atoms with Crippen LogP contribution in [0.4, 0.5) is 0 Å². The molecule has 1 saturated heterocycles. The maximum absolute atomic E-state index is 9.22. The summed E-state index contributed by atoms with van der Waals surface area (Å²) in [6.45, 7) is 6.21. The van der Waals surface area contributed by atoms with Crippen molar-refractivity contribution < 1.29 is 4.74 Å². The SMILES string of the molecule is CCN1CCC[C@@H](CN(C)Cc2cc(C#N)ccc2OC)[C@@H]1c1cnn(C)c1. The Kier molecular flexibility index (Phi) is 6.71. The molecular weight excluding hydrogens is 350 g/mol. The van der Waals surface area contributed by atoms with Gasteiger partial charge in [0, 0.05) is 43.5 Å². The molecule has 150 valence electrons. The molecule has 2 atom stereocenters. The molecule has 0 amide bonds. The van der Waals surface area contributed by atoms with Crippen LogP contribution in [0, 0.1) is 17.2 Å². The lowest BCUT2D eigenvalue weighted by atomic mass is 9.85. The van der Waals surface area contributed by atoms with Gasteiger partial charge in [-0.3, -0.25) is 9.58 Å². The summed E-state index contributed by atoms with van der Waals surface area (Å²) in [6, 6.07) is 8.27. The Morgan fingerprint density at radius 1 is 1.39 bits per heavy atom. The average molecular weight is 382 g/mol. The lowest BCUT2D eigenvalue weighted by molar-refractivity contribution is 0.0747. The van der Waals surface area contributed by atoms with Crippen molar-refractivity contribution >= 4 is 0 Å². The fourth-order valence-corrected chi connectivity index (χ4v) is 4.50. The fraction of sp³-hybridized carbons (Fsp3) is 0.545. The second kappa shape index (κ2) is 9.22. The Morgan fingerprint density at radius 2 is 2.21 bits per heavy atom. The van der Waals surface area contributed by atoms with E-state index in [1.165, 1.54) is 18.4 Å². The van der Waals surface area contributed by atoms with E-state index in [-0.39, 0.29) is 0 Å². The number of benzene rings is 1. The summed E-state index contributed by atoms with van der Waals surface area (Å²) < 4.78 is 7.41. The van der Waals surface area contributed by atoms with Gasteiger partial charge in [0.15, 0.2) is 0 Å². The molecule has 6 heteroatoms. The van der Waals surface area contributed by atoms with Crippen LogP contribution in [0.1, 0.15) is 42.5 Å². The molecule has 0 saturated carbocycles. The maximum atomic E-state index is 9.22. The van der Waals surface area contributed by atoms with Crippen LogP contribution >= 0.6 is 0 Å². The van der Waals surface area contributed by atoms with E-state index in [9.17, 15) is 5.26 Å². The lowest BCUT2D eigenvalue weighted by Gasteiger charge is -2.42. The Bertz CT molecular complexity index is 825. The van der Waals surface area contributed by atoms with Crippen LogP contribution < -0.4 is 4.74 Å². The number of nitriles is 1. The number of hydrogen-bond acceptors (Lipinski definition) is 5. The average Bonchev–Trinajstić information content (AvgIpc) is 3.13. The van der Waals surface area contributed by atoms with Crippen molar-refractivity contribution in [1.29, 1.82) is 5.26 Å². The van der Waals surface area contributed by atoms with Crippen LogP contribution in [-0.4, -0.2) is 53.4 Å². The molecule has 6 nitrogen and oxygen atoms in total. The first-order valence-electron chi connectivity index (χ1n) is 10.0. The van der Waals surface area contributed by atoms with Crippen molar-refractivity contribution in [3.8, 4) is 11.8 Å². The molecule has 1 aromatic heterocycles. The minimum atomic E-state index is 0.405. The summed E-state index contributed by atoms with van der Waals surface area (Å²) >= 11 is 0. The molecule has 1 aliphatic rings. The topological polar surface area (TPSA) is 57.3 Å².